The van der Waals surface area contributed by atoms with Gasteiger partial charge in [-0.3, -0.25) is 0 Å². The molecule has 0 fully saturated rings. The second-order valence-electron chi connectivity index (χ2n) is 13.1. The van der Waals surface area contributed by atoms with Crippen molar-refractivity contribution in [3.8, 4) is 68.2 Å². The predicted molar refractivity (Wildman–Crippen MR) is 211 cm³/mol. The smallest absolute Gasteiger partial charge is 0.309 e. The topological polar surface area (TPSA) is 67.4 Å². The lowest BCUT2D eigenvalue weighted by atomic mass is 9.94. The Balaban J connectivity index is 1.35. The quantitative estimate of drug-likeness (QED) is 0.172. The molecule has 7 aromatic carbocycles. The van der Waals surface area contributed by atoms with Crippen LogP contribution in [0.2, 0.25) is 0 Å². The van der Waals surface area contributed by atoms with Crippen molar-refractivity contribution < 1.29 is 13.2 Å². The first-order valence-electron chi connectivity index (χ1n) is 17.6. The van der Waals surface area contributed by atoms with Gasteiger partial charge in [0.1, 0.15) is 0 Å². The molecular weight excluding hydrogens is 692 g/mol. The maximum atomic E-state index is 14.7. The van der Waals surface area contributed by atoms with E-state index in [0.29, 0.717) is 34.0 Å². The lowest BCUT2D eigenvalue weighted by Crippen LogP contribution is -2.08. The van der Waals surface area contributed by atoms with Gasteiger partial charge in [-0.15, -0.1) is 0 Å². The first kappa shape index (κ1) is 33.5. The van der Waals surface area contributed by atoms with E-state index >= 15 is 0 Å². The van der Waals surface area contributed by atoms with Crippen molar-refractivity contribution in [3.05, 3.63) is 181 Å². The summed E-state index contributed by atoms with van der Waals surface area (Å²) in [6.45, 7) is 0. The van der Waals surface area contributed by atoms with Crippen LogP contribution in [-0.2, 0) is 6.18 Å². The van der Waals surface area contributed by atoms with Gasteiger partial charge >= 0.3 is 6.18 Å². The van der Waals surface area contributed by atoms with E-state index in [1.807, 2.05) is 115 Å². The van der Waals surface area contributed by atoms with Gasteiger partial charge < -0.3 is 4.57 Å². The summed E-state index contributed by atoms with van der Waals surface area (Å²) in [6, 6.07) is 53.8. The first-order valence-corrected chi connectivity index (χ1v) is 17.6. The third kappa shape index (κ3) is 6.08. The average Bonchev–Trinajstić information content (AvgIpc) is 3.57. The average molecular weight is 720 g/mol. The lowest BCUT2D eigenvalue weighted by molar-refractivity contribution is -0.137. The van der Waals surface area contributed by atoms with Gasteiger partial charge in [-0.05, 0) is 58.7 Å². The number of rotatable bonds is 6. The molecule has 262 valence electrons. The molecule has 55 heavy (non-hydrogen) atoms. The van der Waals surface area contributed by atoms with Crippen molar-refractivity contribution in [1.29, 1.82) is 5.26 Å². The third-order valence-electron chi connectivity index (χ3n) is 9.76. The fourth-order valence-corrected chi connectivity index (χ4v) is 7.23. The van der Waals surface area contributed by atoms with Crippen LogP contribution in [0.15, 0.2) is 170 Å². The Kier molecular flexibility index (Phi) is 8.25. The summed E-state index contributed by atoms with van der Waals surface area (Å²) in [4.78, 5) is 14.7. The molecule has 0 N–H and O–H groups in total. The van der Waals surface area contributed by atoms with Gasteiger partial charge in [-0.1, -0.05) is 133 Å². The molecule has 2 heterocycles. The van der Waals surface area contributed by atoms with E-state index in [1.54, 1.807) is 18.2 Å². The van der Waals surface area contributed by atoms with Gasteiger partial charge in [0.05, 0.1) is 28.2 Å². The number of aromatic nitrogens is 4. The van der Waals surface area contributed by atoms with Crippen LogP contribution in [0.25, 0.3) is 83.9 Å². The number of alkyl halides is 3. The number of fused-ring (bicyclic) bond motifs is 3. The van der Waals surface area contributed by atoms with Crippen LogP contribution < -0.4 is 0 Å². The van der Waals surface area contributed by atoms with Gasteiger partial charge in [0.25, 0.3) is 0 Å². The largest absolute Gasteiger partial charge is 0.417 e. The van der Waals surface area contributed by atoms with E-state index < -0.39 is 11.7 Å². The summed E-state index contributed by atoms with van der Waals surface area (Å²) in [7, 11) is 0. The Morgan fingerprint density at radius 3 is 1.73 bits per heavy atom. The molecular formula is C47H28F3N5. The van der Waals surface area contributed by atoms with Crippen molar-refractivity contribution in [3.63, 3.8) is 0 Å². The Hall–Kier alpha value is -7.37. The Bertz CT molecular complexity index is 2870. The van der Waals surface area contributed by atoms with Crippen LogP contribution >= 0.6 is 0 Å². The van der Waals surface area contributed by atoms with Crippen molar-refractivity contribution in [2.24, 2.45) is 0 Å². The third-order valence-corrected chi connectivity index (χ3v) is 9.76. The van der Waals surface area contributed by atoms with Gasteiger partial charge in [0, 0.05) is 33.2 Å². The van der Waals surface area contributed by atoms with E-state index in [4.69, 9.17) is 15.0 Å². The highest BCUT2D eigenvalue weighted by atomic mass is 19.4. The summed E-state index contributed by atoms with van der Waals surface area (Å²) in [5.41, 5.74) is 6.15. The number of hydrogen-bond acceptors (Lipinski definition) is 4. The van der Waals surface area contributed by atoms with Crippen molar-refractivity contribution in [2.45, 2.75) is 6.18 Å². The Morgan fingerprint density at radius 1 is 0.455 bits per heavy atom. The van der Waals surface area contributed by atoms with Gasteiger partial charge in [-0.25, -0.2) is 15.0 Å². The molecule has 9 aromatic rings. The van der Waals surface area contributed by atoms with E-state index in [9.17, 15) is 18.4 Å². The normalized spacial score (nSPS) is 11.5. The number of benzene rings is 7. The molecule has 0 radical (unpaired) electrons. The van der Waals surface area contributed by atoms with Crippen LogP contribution in [0.5, 0.6) is 0 Å². The standard InChI is InChI=1S/C47H28F3N5/c48-47(49,50)41-21-11-9-19-37(41)36-26-24-34(28-40(36)46-53-44(30-13-3-1-4-14-30)52-45(54-46)31-15-5-2-6-16-31)55-42-22-12-10-20-38(42)39-25-23-32(27-43(39)55)35-18-8-7-17-33(35)29-51/h1-28H. The molecule has 8 heteroatoms. The Labute approximate surface area is 314 Å². The molecule has 0 aliphatic carbocycles. The molecule has 0 saturated heterocycles. The number of nitriles is 1. The second kappa shape index (κ2) is 13.6. The van der Waals surface area contributed by atoms with Crippen LogP contribution in [0, 0.1) is 11.3 Å². The zero-order chi connectivity index (χ0) is 37.5. The van der Waals surface area contributed by atoms with Crippen molar-refractivity contribution in [2.75, 3.05) is 0 Å². The first-order chi connectivity index (χ1) is 26.9. The van der Waals surface area contributed by atoms with E-state index in [-0.39, 0.29) is 11.4 Å². The fourth-order valence-electron chi connectivity index (χ4n) is 7.23. The summed E-state index contributed by atoms with van der Waals surface area (Å²) in [6.07, 6.45) is -4.61. The van der Waals surface area contributed by atoms with E-state index in [0.717, 1.165) is 50.1 Å². The number of hydrogen-bond donors (Lipinski definition) is 0. The van der Waals surface area contributed by atoms with E-state index in [1.165, 1.54) is 12.1 Å². The SMILES string of the molecule is N#Cc1ccccc1-c1ccc2c3ccccc3n(-c3ccc(-c4ccccc4C(F)(F)F)c(-c4nc(-c5ccccc5)nc(-c5ccccc5)n4)c3)c2c1. The highest BCUT2D eigenvalue weighted by Gasteiger charge is 2.34. The van der Waals surface area contributed by atoms with Crippen LogP contribution in [0.1, 0.15) is 11.1 Å². The second-order valence-corrected chi connectivity index (χ2v) is 13.1. The monoisotopic (exact) mass is 719 g/mol. The molecule has 9 rings (SSSR count). The van der Waals surface area contributed by atoms with Gasteiger partial charge in [0.15, 0.2) is 17.5 Å². The summed E-state index contributed by atoms with van der Waals surface area (Å²) < 4.78 is 46.1. The molecule has 0 amide bonds. The minimum absolute atomic E-state index is 0.0112. The van der Waals surface area contributed by atoms with E-state index in [2.05, 4.69) is 28.8 Å². The van der Waals surface area contributed by atoms with Crippen LogP contribution in [0.3, 0.4) is 0 Å². The highest BCUT2D eigenvalue weighted by molar-refractivity contribution is 6.10. The molecule has 0 bridgehead atoms. The van der Waals surface area contributed by atoms with Crippen LogP contribution in [-0.4, -0.2) is 19.5 Å². The molecule has 2 aromatic heterocycles. The lowest BCUT2D eigenvalue weighted by Gasteiger charge is -2.18. The maximum Gasteiger partial charge on any atom is 0.417 e. The highest BCUT2D eigenvalue weighted by Crippen LogP contribution is 2.43. The number of halogens is 3. The molecule has 0 saturated carbocycles. The number of para-hydroxylation sites is 1. The Morgan fingerprint density at radius 2 is 1.04 bits per heavy atom. The number of nitrogens with zero attached hydrogens (tertiary/aromatic N) is 5. The van der Waals surface area contributed by atoms with Gasteiger partial charge in [0.2, 0.25) is 0 Å². The fraction of sp³-hybridized carbons (Fsp3) is 0.0213. The maximum absolute atomic E-state index is 14.7. The van der Waals surface area contributed by atoms with Gasteiger partial charge in [-0.2, -0.15) is 18.4 Å². The minimum Gasteiger partial charge on any atom is -0.309 e. The summed E-state index contributed by atoms with van der Waals surface area (Å²) in [5.74, 6) is 1.01. The zero-order valence-electron chi connectivity index (χ0n) is 29.0. The van der Waals surface area contributed by atoms with Crippen LogP contribution in [0.4, 0.5) is 13.2 Å². The van der Waals surface area contributed by atoms with Crippen molar-refractivity contribution >= 4 is 21.8 Å². The molecule has 5 nitrogen and oxygen atoms in total. The summed E-state index contributed by atoms with van der Waals surface area (Å²) >= 11 is 0. The molecule has 0 spiro atoms. The molecule has 0 unspecified atom stereocenters. The molecule has 0 aliphatic rings. The molecule has 0 atom stereocenters. The zero-order valence-corrected chi connectivity index (χ0v) is 29.0. The van der Waals surface area contributed by atoms with Crippen molar-refractivity contribution in [1.82, 2.24) is 19.5 Å². The predicted octanol–water partition coefficient (Wildman–Crippen LogP) is 12.2. The minimum atomic E-state index is -4.61. The molecule has 0 aliphatic heterocycles. The summed E-state index contributed by atoms with van der Waals surface area (Å²) in [5, 5.41) is 11.9.